The van der Waals surface area contributed by atoms with E-state index in [1.807, 2.05) is 74.8 Å². The number of carbonyl (C=O) groups excluding carboxylic acids is 4. The minimum Gasteiger partial charge on any atom is -0.469 e. The van der Waals surface area contributed by atoms with E-state index in [4.69, 9.17) is 18.9 Å². The minimum atomic E-state index is -0.687. The zero-order valence-electron chi connectivity index (χ0n) is 28.1. The van der Waals surface area contributed by atoms with E-state index in [2.05, 4.69) is 9.80 Å². The number of nitrogens with zero attached hydrogens (tertiary/aromatic N) is 2. The molecule has 4 bridgehead atoms. The molecule has 5 fully saturated rings. The van der Waals surface area contributed by atoms with E-state index >= 15 is 0 Å². The molecule has 1 aliphatic carbocycles. The zero-order valence-corrected chi connectivity index (χ0v) is 28.1. The molecule has 5 aliphatic rings. The minimum absolute atomic E-state index is 0.0551. The Kier molecular flexibility index (Phi) is 9.06. The summed E-state index contributed by atoms with van der Waals surface area (Å²) < 4.78 is 23.2. The number of hydrogen-bond acceptors (Lipinski definition) is 10. The molecule has 10 nitrogen and oxygen atoms in total. The Morgan fingerprint density at radius 2 is 0.917 bits per heavy atom. The summed E-state index contributed by atoms with van der Waals surface area (Å²) in [7, 11) is 6.80. The molecule has 0 spiro atoms. The van der Waals surface area contributed by atoms with Crippen LogP contribution in [0.3, 0.4) is 0 Å². The van der Waals surface area contributed by atoms with Gasteiger partial charge in [0.15, 0.2) is 0 Å². The van der Waals surface area contributed by atoms with Crippen molar-refractivity contribution in [3.63, 3.8) is 0 Å². The predicted molar refractivity (Wildman–Crippen MR) is 174 cm³/mol. The summed E-state index contributed by atoms with van der Waals surface area (Å²) in [4.78, 5) is 59.6. The molecular formula is C38H46N2O8. The molecule has 4 aliphatic heterocycles. The third-order valence-electron chi connectivity index (χ3n) is 12.4. The van der Waals surface area contributed by atoms with Gasteiger partial charge in [-0.05, 0) is 50.9 Å². The highest BCUT2D eigenvalue weighted by molar-refractivity contribution is 5.86. The number of carbonyl (C=O) groups is 4. The van der Waals surface area contributed by atoms with Crippen molar-refractivity contribution in [3.05, 3.63) is 71.8 Å². The average molecular weight is 659 g/mol. The van der Waals surface area contributed by atoms with E-state index in [9.17, 15) is 19.2 Å². The zero-order chi connectivity index (χ0) is 33.7. The number of methoxy groups -OCH3 is 2. The van der Waals surface area contributed by atoms with Gasteiger partial charge in [0.2, 0.25) is 0 Å². The maximum atomic E-state index is 14.5. The Morgan fingerprint density at radius 3 is 1.27 bits per heavy atom. The first-order valence-electron chi connectivity index (χ1n) is 17.3. The molecule has 48 heavy (non-hydrogen) atoms. The highest BCUT2D eigenvalue weighted by Gasteiger charge is 2.62. The standard InChI is InChI=1S/C38H46N2O8/c1-39-23-15-17-25(39)31(35(41)45-3)27(19-23)47-37(43)33-29(21-11-7-5-8-12-21)34(30(33)22-13-9-6-10-14-22)38(44)48-28-20-24-16-18-26(40(24)2)32(28)36(42)46-4/h5-14,23-34H,15-20H2,1-4H3. The molecule has 10 heteroatoms. The summed E-state index contributed by atoms with van der Waals surface area (Å²) in [5, 5.41) is 0. The number of fused-ring (bicyclic) bond motifs is 4. The molecule has 4 saturated heterocycles. The van der Waals surface area contributed by atoms with E-state index in [1.165, 1.54) is 14.2 Å². The first kappa shape index (κ1) is 32.8. The first-order valence-corrected chi connectivity index (χ1v) is 17.3. The SMILES string of the molecule is COC(=O)C1C(OC(=O)C2C(c3ccccc3)C(C(=O)OC3CC4CCC(C3C(=O)OC)N4C)C2c2ccccc2)CC2CCC1N2C. The maximum absolute atomic E-state index is 14.5. The second-order valence-electron chi connectivity index (χ2n) is 14.4. The van der Waals surface area contributed by atoms with Crippen molar-refractivity contribution < 1.29 is 38.1 Å². The number of rotatable bonds is 8. The average Bonchev–Trinajstić information content (AvgIpc) is 3.45. The Balaban J connectivity index is 1.21. The van der Waals surface area contributed by atoms with E-state index in [-0.39, 0.29) is 36.1 Å². The second kappa shape index (κ2) is 13.3. The van der Waals surface area contributed by atoms with Crippen LogP contribution in [0.5, 0.6) is 0 Å². The van der Waals surface area contributed by atoms with E-state index in [0.717, 1.165) is 36.8 Å². The Hall–Kier alpha value is -3.76. The number of ether oxygens (including phenoxy) is 4. The van der Waals surface area contributed by atoms with Gasteiger partial charge in [0.1, 0.15) is 24.0 Å². The van der Waals surface area contributed by atoms with Crippen LogP contribution in [0.4, 0.5) is 0 Å². The second-order valence-corrected chi connectivity index (χ2v) is 14.4. The van der Waals surface area contributed by atoms with E-state index in [0.29, 0.717) is 12.8 Å². The lowest BCUT2D eigenvalue weighted by Crippen LogP contribution is -2.57. The van der Waals surface area contributed by atoms with Gasteiger partial charge in [-0.15, -0.1) is 0 Å². The number of hydrogen-bond donors (Lipinski definition) is 0. The van der Waals surface area contributed by atoms with E-state index < -0.39 is 59.7 Å². The third-order valence-corrected chi connectivity index (χ3v) is 12.4. The predicted octanol–water partition coefficient (Wildman–Crippen LogP) is 3.94. The smallest absolute Gasteiger partial charge is 0.314 e. The normalized spacial score (nSPS) is 37.2. The highest BCUT2D eigenvalue weighted by atomic mass is 16.6. The molecule has 0 amide bonds. The molecule has 8 unspecified atom stereocenters. The maximum Gasteiger partial charge on any atom is 0.314 e. The molecule has 0 aromatic heterocycles. The van der Waals surface area contributed by atoms with Crippen LogP contribution < -0.4 is 0 Å². The lowest BCUT2D eigenvalue weighted by atomic mass is 9.52. The molecule has 8 atom stereocenters. The molecule has 2 aromatic rings. The molecule has 4 heterocycles. The van der Waals surface area contributed by atoms with Crippen molar-refractivity contribution >= 4 is 23.9 Å². The van der Waals surface area contributed by atoms with Crippen LogP contribution in [0.1, 0.15) is 61.5 Å². The van der Waals surface area contributed by atoms with Gasteiger partial charge in [-0.3, -0.25) is 29.0 Å². The van der Waals surface area contributed by atoms with Crippen molar-refractivity contribution in [2.75, 3.05) is 28.3 Å². The fourth-order valence-corrected chi connectivity index (χ4v) is 9.94. The van der Waals surface area contributed by atoms with Crippen LogP contribution in [0.2, 0.25) is 0 Å². The molecule has 0 N–H and O–H groups in total. The lowest BCUT2D eigenvalue weighted by Gasteiger charge is -2.51. The topological polar surface area (TPSA) is 112 Å². The first-order chi connectivity index (χ1) is 23.2. The van der Waals surface area contributed by atoms with Crippen LogP contribution in [-0.4, -0.2) is 98.4 Å². The largest absolute Gasteiger partial charge is 0.469 e. The van der Waals surface area contributed by atoms with Gasteiger partial charge < -0.3 is 18.9 Å². The van der Waals surface area contributed by atoms with Crippen molar-refractivity contribution in [1.29, 1.82) is 0 Å². The van der Waals surface area contributed by atoms with Gasteiger partial charge in [0.05, 0.1) is 26.1 Å². The van der Waals surface area contributed by atoms with Crippen LogP contribution in [0, 0.1) is 23.7 Å². The Morgan fingerprint density at radius 1 is 0.542 bits per heavy atom. The molecule has 1 saturated carbocycles. The summed E-state index contributed by atoms with van der Waals surface area (Å²) in [5.41, 5.74) is 1.68. The van der Waals surface area contributed by atoms with Gasteiger partial charge in [-0.1, -0.05) is 60.7 Å². The molecule has 0 radical (unpaired) electrons. The summed E-state index contributed by atoms with van der Waals surface area (Å²) in [6.07, 6.45) is 3.43. The Bertz CT molecular complexity index is 1400. The van der Waals surface area contributed by atoms with Gasteiger partial charge in [-0.2, -0.15) is 0 Å². The molecule has 2 aromatic carbocycles. The van der Waals surface area contributed by atoms with Crippen LogP contribution in [-0.2, 0) is 38.1 Å². The van der Waals surface area contributed by atoms with Crippen molar-refractivity contribution in [1.82, 2.24) is 9.80 Å². The van der Waals surface area contributed by atoms with Crippen LogP contribution in [0.25, 0.3) is 0 Å². The van der Waals surface area contributed by atoms with Crippen molar-refractivity contribution in [2.24, 2.45) is 23.7 Å². The van der Waals surface area contributed by atoms with Crippen LogP contribution >= 0.6 is 0 Å². The molecular weight excluding hydrogens is 612 g/mol. The molecule has 256 valence electrons. The summed E-state index contributed by atoms with van der Waals surface area (Å²) in [6, 6.07) is 19.5. The summed E-state index contributed by atoms with van der Waals surface area (Å²) >= 11 is 0. The highest BCUT2D eigenvalue weighted by Crippen LogP contribution is 2.59. The Labute approximate surface area is 282 Å². The number of benzene rings is 2. The van der Waals surface area contributed by atoms with Gasteiger partial charge in [-0.25, -0.2) is 0 Å². The fourth-order valence-electron chi connectivity index (χ4n) is 9.94. The van der Waals surface area contributed by atoms with E-state index in [1.54, 1.807) is 0 Å². The van der Waals surface area contributed by atoms with Crippen molar-refractivity contribution in [3.8, 4) is 0 Å². The number of esters is 4. The quantitative estimate of drug-likeness (QED) is 0.306. The fraction of sp³-hybridized carbons (Fsp3) is 0.579. The number of piperidine rings is 2. The van der Waals surface area contributed by atoms with Gasteiger partial charge >= 0.3 is 23.9 Å². The van der Waals surface area contributed by atoms with Gasteiger partial charge in [0.25, 0.3) is 0 Å². The lowest BCUT2D eigenvalue weighted by molar-refractivity contribution is -0.184. The summed E-state index contributed by atoms with van der Waals surface area (Å²) in [5.74, 6) is -5.15. The third kappa shape index (κ3) is 5.50. The van der Waals surface area contributed by atoms with Crippen molar-refractivity contribution in [2.45, 2.75) is 86.7 Å². The summed E-state index contributed by atoms with van der Waals surface area (Å²) in [6.45, 7) is 0. The molecule has 7 rings (SSSR count). The van der Waals surface area contributed by atoms with Crippen LogP contribution in [0.15, 0.2) is 60.7 Å². The van der Waals surface area contributed by atoms with Gasteiger partial charge in [0, 0.05) is 48.8 Å². The monoisotopic (exact) mass is 658 g/mol.